The number of hydrogen-bond donors (Lipinski definition) is 3. The molecule has 3 rings (SSSR count). The monoisotopic (exact) mass is 372 g/mol. The average Bonchev–Trinajstić information content (AvgIpc) is 3.18. The highest BCUT2D eigenvalue weighted by molar-refractivity contribution is 5.87. The summed E-state index contributed by atoms with van der Waals surface area (Å²) in [6.45, 7) is 5.67. The maximum absolute atomic E-state index is 11.6. The molecule has 7 heteroatoms. The number of ether oxygens (including phenoxy) is 3. The van der Waals surface area contributed by atoms with Gasteiger partial charge in [-0.2, -0.15) is 0 Å². The first-order valence-corrected chi connectivity index (χ1v) is 9.54. The highest BCUT2D eigenvalue weighted by Crippen LogP contribution is 2.34. The fourth-order valence-corrected chi connectivity index (χ4v) is 3.43. The van der Waals surface area contributed by atoms with Gasteiger partial charge in [0.2, 0.25) is 6.29 Å². The van der Waals surface area contributed by atoms with Crippen molar-refractivity contribution < 1.29 is 34.3 Å². The number of carbonyl (C=O) groups is 1. The van der Waals surface area contributed by atoms with Gasteiger partial charge in [0, 0.05) is 31.3 Å². The minimum atomic E-state index is -1.31. The summed E-state index contributed by atoms with van der Waals surface area (Å²) in [5, 5.41) is 27.8. The van der Waals surface area contributed by atoms with E-state index in [0.29, 0.717) is 37.9 Å². The Hall–Kier alpha value is -0.990. The summed E-state index contributed by atoms with van der Waals surface area (Å²) in [5.41, 5.74) is 0.326. The zero-order chi connectivity index (χ0) is 19.2. The molecule has 7 nitrogen and oxygen atoms in total. The van der Waals surface area contributed by atoms with Gasteiger partial charge in [0.15, 0.2) is 11.6 Å². The lowest BCUT2D eigenvalue weighted by Gasteiger charge is -2.36. The van der Waals surface area contributed by atoms with Crippen LogP contribution < -0.4 is 0 Å². The van der Waals surface area contributed by atoms with Crippen LogP contribution in [0.25, 0.3) is 0 Å². The molecule has 2 atom stereocenters. The van der Waals surface area contributed by atoms with Gasteiger partial charge in [-0.25, -0.2) is 4.79 Å². The van der Waals surface area contributed by atoms with Gasteiger partial charge in [-0.3, -0.25) is 0 Å². The molecule has 0 aromatic rings. The van der Waals surface area contributed by atoms with Crippen molar-refractivity contribution >= 4 is 5.97 Å². The molecule has 150 valence electrons. The predicted molar refractivity (Wildman–Crippen MR) is 93.8 cm³/mol. The molecule has 0 bridgehead atoms. The highest BCUT2D eigenvalue weighted by Gasteiger charge is 2.40. The normalized spacial score (nSPS) is 29.5. The van der Waals surface area contributed by atoms with Crippen LogP contribution in [0.3, 0.4) is 0 Å². The molecule has 1 aliphatic heterocycles. The van der Waals surface area contributed by atoms with Crippen LogP contribution in [-0.4, -0.2) is 51.9 Å². The van der Waals surface area contributed by atoms with Crippen molar-refractivity contribution in [2.75, 3.05) is 6.61 Å². The van der Waals surface area contributed by atoms with Crippen molar-refractivity contribution in [2.24, 2.45) is 0 Å². The molecule has 2 saturated carbocycles. The molecule has 0 radical (unpaired) electrons. The van der Waals surface area contributed by atoms with Crippen LogP contribution in [-0.2, 0) is 19.0 Å². The van der Waals surface area contributed by atoms with Crippen LogP contribution in [0.15, 0.2) is 12.2 Å². The SMILES string of the molecule is C=C(C)C(=O)OC1OCCCC1OC1(O)CCCC1.OC1(O)CCCC1. The van der Waals surface area contributed by atoms with Gasteiger partial charge < -0.3 is 29.5 Å². The predicted octanol–water partition coefficient (Wildman–Crippen LogP) is 2.13. The Morgan fingerprint density at radius 2 is 1.62 bits per heavy atom. The Bertz CT molecular complexity index is 474. The van der Waals surface area contributed by atoms with Gasteiger partial charge in [0.05, 0.1) is 6.61 Å². The highest BCUT2D eigenvalue weighted by atomic mass is 16.7. The third-order valence-corrected chi connectivity index (χ3v) is 4.95. The molecule has 3 fully saturated rings. The summed E-state index contributed by atoms with van der Waals surface area (Å²) in [4.78, 5) is 11.6. The van der Waals surface area contributed by atoms with E-state index in [1.807, 2.05) is 0 Å². The first-order valence-electron chi connectivity index (χ1n) is 9.54. The number of carbonyl (C=O) groups excluding carboxylic acids is 1. The number of aliphatic hydroxyl groups is 3. The molecule has 3 N–H and O–H groups in total. The fraction of sp³-hybridized carbons (Fsp3) is 0.842. The van der Waals surface area contributed by atoms with Gasteiger partial charge in [0.25, 0.3) is 0 Å². The lowest BCUT2D eigenvalue weighted by atomic mass is 10.1. The average molecular weight is 372 g/mol. The summed E-state index contributed by atoms with van der Waals surface area (Å²) >= 11 is 0. The molecule has 0 aromatic heterocycles. The van der Waals surface area contributed by atoms with E-state index in [-0.39, 0.29) is 0 Å². The van der Waals surface area contributed by atoms with E-state index in [1.165, 1.54) is 0 Å². The number of rotatable bonds is 4. The lowest BCUT2D eigenvalue weighted by Crippen LogP contribution is -2.45. The van der Waals surface area contributed by atoms with Crippen molar-refractivity contribution in [3.8, 4) is 0 Å². The van der Waals surface area contributed by atoms with Crippen LogP contribution in [0, 0.1) is 0 Å². The molecule has 0 aromatic carbocycles. The smallest absolute Gasteiger partial charge is 0.335 e. The second-order valence-corrected chi connectivity index (χ2v) is 7.57. The number of hydrogen-bond acceptors (Lipinski definition) is 7. The molecule has 3 aliphatic rings. The van der Waals surface area contributed by atoms with Crippen LogP contribution >= 0.6 is 0 Å². The minimum absolute atomic E-state index is 0.326. The molecule has 26 heavy (non-hydrogen) atoms. The van der Waals surface area contributed by atoms with Crippen LogP contribution in [0.2, 0.25) is 0 Å². The second-order valence-electron chi connectivity index (χ2n) is 7.57. The van der Waals surface area contributed by atoms with Crippen LogP contribution in [0.4, 0.5) is 0 Å². The Kier molecular flexibility index (Phi) is 7.61. The van der Waals surface area contributed by atoms with Crippen molar-refractivity contribution in [2.45, 2.75) is 95.1 Å². The van der Waals surface area contributed by atoms with E-state index in [2.05, 4.69) is 6.58 Å². The maximum Gasteiger partial charge on any atom is 0.335 e. The van der Waals surface area contributed by atoms with Crippen molar-refractivity contribution in [1.82, 2.24) is 0 Å². The Morgan fingerprint density at radius 1 is 1.04 bits per heavy atom. The Balaban J connectivity index is 0.000000290. The molecule has 1 heterocycles. The topological polar surface area (TPSA) is 105 Å². The molecular formula is C19H32O7. The van der Waals surface area contributed by atoms with Crippen LogP contribution in [0.5, 0.6) is 0 Å². The third-order valence-electron chi connectivity index (χ3n) is 4.95. The van der Waals surface area contributed by atoms with E-state index in [1.54, 1.807) is 6.92 Å². The first kappa shape index (κ1) is 21.3. The van der Waals surface area contributed by atoms with E-state index in [0.717, 1.165) is 38.5 Å². The summed E-state index contributed by atoms with van der Waals surface area (Å²) in [7, 11) is 0. The Morgan fingerprint density at radius 3 is 2.12 bits per heavy atom. The summed E-state index contributed by atoms with van der Waals surface area (Å²) in [6.07, 6.45) is 6.64. The van der Waals surface area contributed by atoms with Crippen molar-refractivity contribution in [3.05, 3.63) is 12.2 Å². The van der Waals surface area contributed by atoms with Crippen LogP contribution in [0.1, 0.15) is 71.1 Å². The largest absolute Gasteiger partial charge is 0.430 e. The molecular weight excluding hydrogens is 340 g/mol. The second kappa shape index (κ2) is 9.28. The molecule has 0 spiro atoms. The van der Waals surface area contributed by atoms with E-state index in [9.17, 15) is 9.90 Å². The molecule has 1 saturated heterocycles. The van der Waals surface area contributed by atoms with Gasteiger partial charge in [0.1, 0.15) is 6.10 Å². The molecule has 2 unspecified atom stereocenters. The first-order chi connectivity index (χ1) is 12.2. The number of esters is 1. The van der Waals surface area contributed by atoms with Gasteiger partial charge >= 0.3 is 5.97 Å². The van der Waals surface area contributed by atoms with E-state index >= 15 is 0 Å². The summed E-state index contributed by atoms with van der Waals surface area (Å²) in [5.74, 6) is -2.88. The quantitative estimate of drug-likeness (QED) is 0.394. The van der Waals surface area contributed by atoms with Gasteiger partial charge in [-0.05, 0) is 45.4 Å². The zero-order valence-corrected chi connectivity index (χ0v) is 15.6. The fourth-order valence-electron chi connectivity index (χ4n) is 3.43. The summed E-state index contributed by atoms with van der Waals surface area (Å²) < 4.78 is 16.4. The van der Waals surface area contributed by atoms with Crippen molar-refractivity contribution in [3.63, 3.8) is 0 Å². The zero-order valence-electron chi connectivity index (χ0n) is 15.6. The standard InChI is InChI=1S/C14H22O5.C5H10O2/c1-10(2)12(15)18-13-11(6-5-9-17-13)19-14(16)7-3-4-8-14;6-5(7)3-1-2-4-5/h11,13,16H,1,3-9H2,2H3;6-7H,1-4H2. The van der Waals surface area contributed by atoms with E-state index < -0.39 is 29.9 Å². The third kappa shape index (κ3) is 6.63. The maximum atomic E-state index is 11.6. The Labute approximate surface area is 154 Å². The van der Waals surface area contributed by atoms with Gasteiger partial charge in [-0.15, -0.1) is 0 Å². The summed E-state index contributed by atoms with van der Waals surface area (Å²) in [6, 6.07) is 0. The van der Waals surface area contributed by atoms with Crippen molar-refractivity contribution in [1.29, 1.82) is 0 Å². The van der Waals surface area contributed by atoms with Gasteiger partial charge in [-0.1, -0.05) is 6.58 Å². The lowest BCUT2D eigenvalue weighted by molar-refractivity contribution is -0.292. The minimum Gasteiger partial charge on any atom is -0.430 e. The van der Waals surface area contributed by atoms with E-state index in [4.69, 9.17) is 24.4 Å². The molecule has 0 amide bonds. The molecule has 2 aliphatic carbocycles.